The SMILES string of the molecule is CCOc1cc(/C=C2\C(=O)NC(=O)N(c3ccc(C45CC6CC(CC(C6)C4)C5)cc3)C2=O)cc(I)c1OCc1cccc([N+](=O)[O-])c1. The van der Waals surface area contributed by atoms with Crippen molar-refractivity contribution in [2.24, 2.45) is 17.8 Å². The Bertz CT molecular complexity index is 1780. The number of carbonyl (C=O) groups excluding carboxylic acids is 3. The molecular formula is C36H34IN3O7. The number of imide groups is 2. The number of rotatable bonds is 9. The summed E-state index contributed by atoms with van der Waals surface area (Å²) >= 11 is 2.07. The molecule has 4 bridgehead atoms. The van der Waals surface area contributed by atoms with Gasteiger partial charge in [0.1, 0.15) is 12.2 Å². The highest BCUT2D eigenvalue weighted by molar-refractivity contribution is 14.1. The monoisotopic (exact) mass is 747 g/mol. The number of halogens is 1. The van der Waals surface area contributed by atoms with Crippen LogP contribution in [0.2, 0.25) is 0 Å². The Morgan fingerprint density at radius 3 is 2.30 bits per heavy atom. The molecule has 8 rings (SSSR count). The number of nitrogens with zero attached hydrogens (tertiary/aromatic N) is 2. The Balaban J connectivity index is 1.13. The fourth-order valence-electron chi connectivity index (χ4n) is 8.48. The Labute approximate surface area is 285 Å². The molecule has 0 unspecified atom stereocenters. The second-order valence-corrected chi connectivity index (χ2v) is 14.3. The van der Waals surface area contributed by atoms with E-state index >= 15 is 0 Å². The van der Waals surface area contributed by atoms with E-state index in [2.05, 4.69) is 40.0 Å². The van der Waals surface area contributed by atoms with Crippen LogP contribution in [0.3, 0.4) is 0 Å². The standard InChI is InChI=1S/C36H34IN3O7/c1-2-46-31-16-22(15-30(37)32(31)47-20-21-4-3-5-28(13-21)40(44)45)14-29-33(41)38-35(43)39(34(29)42)27-8-6-26(7-9-27)36-17-23-10-24(18-36)12-25(11-23)19-36/h3-9,13-16,23-25H,2,10-12,17-20H2,1H3,(H,38,41,43)/b29-14+. The van der Waals surface area contributed by atoms with E-state index in [1.165, 1.54) is 62.3 Å². The van der Waals surface area contributed by atoms with Crippen LogP contribution in [-0.2, 0) is 21.6 Å². The van der Waals surface area contributed by atoms with Crippen LogP contribution in [0.15, 0.2) is 66.2 Å². The molecule has 1 saturated heterocycles. The van der Waals surface area contributed by atoms with E-state index in [-0.39, 0.29) is 23.3 Å². The van der Waals surface area contributed by atoms with E-state index < -0.39 is 22.8 Å². The number of nitrogens with one attached hydrogen (secondary N) is 1. The van der Waals surface area contributed by atoms with Gasteiger partial charge in [-0.15, -0.1) is 0 Å². The molecule has 5 aliphatic rings. The lowest BCUT2D eigenvalue weighted by Crippen LogP contribution is -2.54. The smallest absolute Gasteiger partial charge is 0.335 e. The number of benzene rings is 3. The van der Waals surface area contributed by atoms with Gasteiger partial charge >= 0.3 is 6.03 Å². The number of nitro benzene ring substituents is 1. The molecule has 11 heteroatoms. The largest absolute Gasteiger partial charge is 0.490 e. The molecule has 4 saturated carbocycles. The summed E-state index contributed by atoms with van der Waals surface area (Å²) in [7, 11) is 0. The number of nitro groups is 1. The van der Waals surface area contributed by atoms with E-state index in [0.717, 1.165) is 22.7 Å². The molecule has 0 spiro atoms. The molecule has 1 N–H and O–H groups in total. The maximum atomic E-state index is 13.7. The van der Waals surface area contributed by atoms with Crippen molar-refractivity contribution in [1.82, 2.24) is 5.32 Å². The van der Waals surface area contributed by atoms with E-state index in [0.29, 0.717) is 38.5 Å². The van der Waals surface area contributed by atoms with Crippen molar-refractivity contribution in [2.75, 3.05) is 11.5 Å². The molecule has 10 nitrogen and oxygen atoms in total. The molecule has 0 radical (unpaired) electrons. The van der Waals surface area contributed by atoms with Crippen LogP contribution in [0, 0.1) is 31.4 Å². The maximum absolute atomic E-state index is 13.7. The van der Waals surface area contributed by atoms with Gasteiger partial charge in [0.25, 0.3) is 17.5 Å². The Morgan fingerprint density at radius 2 is 1.66 bits per heavy atom. The van der Waals surface area contributed by atoms with Crippen molar-refractivity contribution in [1.29, 1.82) is 0 Å². The highest BCUT2D eigenvalue weighted by Gasteiger charge is 2.51. The summed E-state index contributed by atoms with van der Waals surface area (Å²) < 4.78 is 12.5. The fourth-order valence-corrected chi connectivity index (χ4v) is 9.26. The number of ether oxygens (including phenoxy) is 2. The molecule has 242 valence electrons. The number of anilines is 1. The summed E-state index contributed by atoms with van der Waals surface area (Å²) in [6.07, 6.45) is 9.13. The summed E-state index contributed by atoms with van der Waals surface area (Å²) in [5.41, 5.74) is 2.78. The number of urea groups is 1. The van der Waals surface area contributed by atoms with Crippen molar-refractivity contribution >= 4 is 57.9 Å². The minimum absolute atomic E-state index is 0.0330. The molecule has 1 heterocycles. The lowest BCUT2D eigenvalue weighted by molar-refractivity contribution is -0.384. The second-order valence-electron chi connectivity index (χ2n) is 13.2. The van der Waals surface area contributed by atoms with Gasteiger partial charge in [-0.1, -0.05) is 24.3 Å². The third kappa shape index (κ3) is 6.01. The first kappa shape index (κ1) is 31.3. The summed E-state index contributed by atoms with van der Waals surface area (Å²) in [5, 5.41) is 13.5. The molecular weight excluding hydrogens is 713 g/mol. The summed E-state index contributed by atoms with van der Waals surface area (Å²) in [5.74, 6) is 1.72. The molecule has 0 atom stereocenters. The summed E-state index contributed by atoms with van der Waals surface area (Å²) in [6.45, 7) is 2.21. The Hall–Kier alpha value is -4.26. The average Bonchev–Trinajstić information content (AvgIpc) is 3.02. The van der Waals surface area contributed by atoms with Gasteiger partial charge in [-0.25, -0.2) is 9.69 Å². The Morgan fingerprint density at radius 1 is 0.979 bits per heavy atom. The minimum atomic E-state index is -0.783. The van der Waals surface area contributed by atoms with Crippen molar-refractivity contribution in [3.63, 3.8) is 0 Å². The fraction of sp³-hybridized carbons (Fsp3) is 0.361. The van der Waals surface area contributed by atoms with E-state index in [9.17, 15) is 24.5 Å². The lowest BCUT2D eigenvalue weighted by Gasteiger charge is -2.57. The van der Waals surface area contributed by atoms with Crippen LogP contribution in [0.25, 0.3) is 6.08 Å². The van der Waals surface area contributed by atoms with Crippen LogP contribution in [-0.4, -0.2) is 29.4 Å². The van der Waals surface area contributed by atoms with Crippen LogP contribution < -0.4 is 19.7 Å². The molecule has 4 aliphatic carbocycles. The van der Waals surface area contributed by atoms with Gasteiger partial charge in [-0.3, -0.25) is 25.0 Å². The third-order valence-corrected chi connectivity index (χ3v) is 10.8. The number of hydrogen-bond donors (Lipinski definition) is 1. The zero-order valence-corrected chi connectivity index (χ0v) is 28.0. The zero-order chi connectivity index (χ0) is 32.9. The first-order valence-corrected chi connectivity index (χ1v) is 17.0. The summed E-state index contributed by atoms with van der Waals surface area (Å²) in [6, 6.07) is 16.6. The second kappa shape index (κ2) is 12.4. The minimum Gasteiger partial charge on any atom is -0.490 e. The molecule has 0 aromatic heterocycles. The van der Waals surface area contributed by atoms with Gasteiger partial charge in [0.2, 0.25) is 0 Å². The average molecular weight is 748 g/mol. The highest BCUT2D eigenvalue weighted by Crippen LogP contribution is 2.60. The first-order valence-electron chi connectivity index (χ1n) is 16.0. The molecule has 1 aliphatic heterocycles. The van der Waals surface area contributed by atoms with Crippen molar-refractivity contribution in [3.05, 3.63) is 96.6 Å². The highest BCUT2D eigenvalue weighted by atomic mass is 127. The molecule has 47 heavy (non-hydrogen) atoms. The van der Waals surface area contributed by atoms with Gasteiger partial charge in [-0.2, -0.15) is 0 Å². The van der Waals surface area contributed by atoms with Crippen LogP contribution in [0.4, 0.5) is 16.2 Å². The summed E-state index contributed by atoms with van der Waals surface area (Å²) in [4.78, 5) is 51.4. The van der Waals surface area contributed by atoms with E-state index in [4.69, 9.17) is 9.47 Å². The van der Waals surface area contributed by atoms with Gasteiger partial charge < -0.3 is 9.47 Å². The normalized spacial score (nSPS) is 25.7. The predicted molar refractivity (Wildman–Crippen MR) is 183 cm³/mol. The number of non-ortho nitro benzene ring substituents is 1. The molecule has 5 fully saturated rings. The Kier molecular flexibility index (Phi) is 8.27. The van der Waals surface area contributed by atoms with Gasteiger partial charge in [-0.05, 0) is 138 Å². The van der Waals surface area contributed by atoms with E-state index in [1.807, 2.05) is 19.1 Å². The molecule has 3 aromatic rings. The van der Waals surface area contributed by atoms with Gasteiger partial charge in [0, 0.05) is 12.1 Å². The number of barbiturate groups is 1. The van der Waals surface area contributed by atoms with Crippen molar-refractivity contribution < 1.29 is 28.8 Å². The van der Waals surface area contributed by atoms with E-state index in [1.54, 1.807) is 24.3 Å². The quantitative estimate of drug-likeness (QED) is 0.0800. The number of carbonyl (C=O) groups is 3. The number of hydrogen-bond acceptors (Lipinski definition) is 7. The molecule has 4 amide bonds. The van der Waals surface area contributed by atoms with Crippen molar-refractivity contribution in [3.8, 4) is 11.5 Å². The van der Waals surface area contributed by atoms with Crippen LogP contribution >= 0.6 is 22.6 Å². The third-order valence-electron chi connectivity index (χ3n) is 10.0. The lowest BCUT2D eigenvalue weighted by atomic mass is 9.48. The van der Waals surface area contributed by atoms with Gasteiger partial charge in [0.15, 0.2) is 11.5 Å². The van der Waals surface area contributed by atoms with Crippen LogP contribution in [0.5, 0.6) is 11.5 Å². The van der Waals surface area contributed by atoms with Crippen LogP contribution in [0.1, 0.15) is 62.1 Å². The first-order chi connectivity index (χ1) is 22.6. The number of amides is 4. The van der Waals surface area contributed by atoms with Crippen molar-refractivity contribution in [2.45, 2.75) is 57.5 Å². The maximum Gasteiger partial charge on any atom is 0.335 e. The topological polar surface area (TPSA) is 128 Å². The van der Waals surface area contributed by atoms with Gasteiger partial charge in [0.05, 0.1) is 20.8 Å². The zero-order valence-electron chi connectivity index (χ0n) is 25.9. The predicted octanol–water partition coefficient (Wildman–Crippen LogP) is 7.31. The molecule has 3 aromatic carbocycles.